The van der Waals surface area contributed by atoms with Crippen LogP contribution in [0.2, 0.25) is 0 Å². The summed E-state index contributed by atoms with van der Waals surface area (Å²) in [7, 11) is 0. The lowest BCUT2D eigenvalue weighted by Crippen LogP contribution is -1.97. The largest absolute Gasteiger partial charge is 0.392 e. The van der Waals surface area contributed by atoms with E-state index in [1.807, 2.05) is 0 Å². The minimum absolute atomic E-state index is 0.255. The molecule has 0 amide bonds. The van der Waals surface area contributed by atoms with Crippen LogP contribution in [0.1, 0.15) is 6.42 Å². The molecule has 9 heavy (non-hydrogen) atoms. The number of hydrogen-bond donors (Lipinski definition) is 1. The Balaban J connectivity index is 2.22. The molecule has 2 aliphatic carbocycles. The molecule has 0 fully saturated rings. The highest BCUT2D eigenvalue weighted by Crippen LogP contribution is 2.37. The van der Waals surface area contributed by atoms with Crippen molar-refractivity contribution in [3.8, 4) is 0 Å². The smallest absolute Gasteiger partial charge is 0.0647 e. The van der Waals surface area contributed by atoms with Gasteiger partial charge in [-0.2, -0.15) is 0 Å². The summed E-state index contributed by atoms with van der Waals surface area (Å²) in [4.78, 5) is 0. The normalized spacial score (nSPS) is 37.7. The zero-order valence-electron chi connectivity index (χ0n) is 5.25. The Bertz CT molecular complexity index is 179. The molecule has 2 atom stereocenters. The van der Waals surface area contributed by atoms with Crippen LogP contribution in [0.5, 0.6) is 0 Å². The molecule has 48 valence electrons. The van der Waals surface area contributed by atoms with E-state index in [1.54, 1.807) is 0 Å². The number of fused-ring (bicyclic) bond motifs is 2. The minimum atomic E-state index is 0.255. The molecule has 0 radical (unpaired) electrons. The third kappa shape index (κ3) is 0.648. The number of aliphatic hydroxyl groups excluding tert-OH is 1. The van der Waals surface area contributed by atoms with Gasteiger partial charge in [0, 0.05) is 5.92 Å². The lowest BCUT2D eigenvalue weighted by Gasteiger charge is -2.03. The maximum Gasteiger partial charge on any atom is 0.0647 e. The Labute approximate surface area is 54.7 Å². The van der Waals surface area contributed by atoms with Crippen molar-refractivity contribution in [2.24, 2.45) is 11.8 Å². The Morgan fingerprint density at radius 2 is 2.44 bits per heavy atom. The molecule has 1 heteroatoms. The fourth-order valence-corrected chi connectivity index (χ4v) is 1.69. The molecule has 1 nitrogen and oxygen atoms in total. The van der Waals surface area contributed by atoms with Crippen molar-refractivity contribution in [3.05, 3.63) is 23.8 Å². The Morgan fingerprint density at radius 3 is 2.78 bits per heavy atom. The van der Waals surface area contributed by atoms with Crippen LogP contribution >= 0.6 is 0 Å². The molecule has 0 heterocycles. The van der Waals surface area contributed by atoms with Crippen LogP contribution in [0.3, 0.4) is 0 Å². The molecule has 2 bridgehead atoms. The number of allylic oxidation sites excluding steroid dienone is 3. The third-order valence-corrected chi connectivity index (χ3v) is 2.20. The lowest BCUT2D eigenvalue weighted by molar-refractivity contribution is 0.322. The Morgan fingerprint density at radius 1 is 1.56 bits per heavy atom. The average molecular weight is 122 g/mol. The van der Waals surface area contributed by atoms with E-state index < -0.39 is 0 Å². The van der Waals surface area contributed by atoms with Gasteiger partial charge >= 0.3 is 0 Å². The van der Waals surface area contributed by atoms with E-state index in [0.29, 0.717) is 11.8 Å². The molecular weight excluding hydrogens is 112 g/mol. The summed E-state index contributed by atoms with van der Waals surface area (Å²) in [6, 6.07) is 0. The molecule has 1 unspecified atom stereocenters. The maximum absolute atomic E-state index is 8.79. The van der Waals surface area contributed by atoms with Gasteiger partial charge in [0.2, 0.25) is 0 Å². The van der Waals surface area contributed by atoms with Crippen LogP contribution in [-0.2, 0) is 0 Å². The molecule has 0 aromatic heterocycles. The summed E-state index contributed by atoms with van der Waals surface area (Å²) in [5, 5.41) is 8.79. The van der Waals surface area contributed by atoms with E-state index in [4.69, 9.17) is 5.11 Å². The summed E-state index contributed by atoms with van der Waals surface area (Å²) >= 11 is 0. The van der Waals surface area contributed by atoms with Gasteiger partial charge in [-0.15, -0.1) is 0 Å². The molecule has 0 aliphatic heterocycles. The number of aliphatic hydroxyl groups is 1. The van der Waals surface area contributed by atoms with E-state index in [9.17, 15) is 0 Å². The molecule has 0 aromatic carbocycles. The van der Waals surface area contributed by atoms with Gasteiger partial charge in [0.15, 0.2) is 0 Å². The monoisotopic (exact) mass is 122 g/mol. The second kappa shape index (κ2) is 1.71. The van der Waals surface area contributed by atoms with Gasteiger partial charge in [-0.25, -0.2) is 0 Å². The molecule has 0 saturated heterocycles. The topological polar surface area (TPSA) is 20.2 Å². The van der Waals surface area contributed by atoms with E-state index in [0.717, 1.165) is 0 Å². The van der Waals surface area contributed by atoms with Gasteiger partial charge in [0.25, 0.3) is 0 Å². The fourth-order valence-electron chi connectivity index (χ4n) is 1.69. The van der Waals surface area contributed by atoms with Gasteiger partial charge < -0.3 is 5.11 Å². The molecule has 2 rings (SSSR count). The molecule has 0 aromatic rings. The van der Waals surface area contributed by atoms with Gasteiger partial charge in [-0.05, 0) is 17.9 Å². The van der Waals surface area contributed by atoms with Crippen LogP contribution in [0.4, 0.5) is 0 Å². The first-order valence-corrected chi connectivity index (χ1v) is 3.40. The molecular formula is C8H10O. The summed E-state index contributed by atoms with van der Waals surface area (Å²) in [5.74, 6) is 1.23. The van der Waals surface area contributed by atoms with Crippen LogP contribution in [0.25, 0.3) is 0 Å². The summed E-state index contributed by atoms with van der Waals surface area (Å²) in [5.41, 5.74) is 1.22. The number of hydrogen-bond acceptors (Lipinski definition) is 1. The summed E-state index contributed by atoms with van der Waals surface area (Å²) in [6.45, 7) is 0.255. The summed E-state index contributed by atoms with van der Waals surface area (Å²) in [6.07, 6.45) is 7.83. The van der Waals surface area contributed by atoms with Crippen molar-refractivity contribution in [1.82, 2.24) is 0 Å². The van der Waals surface area contributed by atoms with Crippen LogP contribution < -0.4 is 0 Å². The maximum atomic E-state index is 8.79. The van der Waals surface area contributed by atoms with Gasteiger partial charge in [-0.3, -0.25) is 0 Å². The van der Waals surface area contributed by atoms with E-state index in [1.165, 1.54) is 12.0 Å². The van der Waals surface area contributed by atoms with Gasteiger partial charge in [0.05, 0.1) is 6.61 Å². The highest BCUT2D eigenvalue weighted by molar-refractivity contribution is 5.30. The van der Waals surface area contributed by atoms with Crippen molar-refractivity contribution < 1.29 is 5.11 Å². The Hall–Kier alpha value is -0.560. The lowest BCUT2D eigenvalue weighted by atomic mass is 10.0. The first-order valence-electron chi connectivity index (χ1n) is 3.40. The summed E-state index contributed by atoms with van der Waals surface area (Å²) < 4.78 is 0. The predicted molar refractivity (Wildman–Crippen MR) is 35.9 cm³/mol. The standard InChI is InChI=1S/C8H10O/c9-5-8-4-6-1-2-7(8)3-6/h1-2,4,6-7,9H,3,5H2/t6?,7-/m0/s1. The molecule has 0 saturated carbocycles. The fraction of sp³-hybridized carbons (Fsp3) is 0.500. The third-order valence-electron chi connectivity index (χ3n) is 2.20. The van der Waals surface area contributed by atoms with Crippen molar-refractivity contribution >= 4 is 0 Å². The first-order chi connectivity index (χ1) is 4.40. The van der Waals surface area contributed by atoms with Crippen LogP contribution in [-0.4, -0.2) is 11.7 Å². The SMILES string of the molecule is OCC1=CC2C=C[C@H]1C2. The Kier molecular flexibility index (Phi) is 0.995. The molecule has 0 spiro atoms. The quantitative estimate of drug-likeness (QED) is 0.516. The zero-order valence-corrected chi connectivity index (χ0v) is 5.25. The average Bonchev–Trinajstić information content (AvgIpc) is 2.45. The predicted octanol–water partition coefficient (Wildman–Crippen LogP) is 1.11. The highest BCUT2D eigenvalue weighted by Gasteiger charge is 2.26. The highest BCUT2D eigenvalue weighted by atomic mass is 16.3. The first kappa shape index (κ1) is 5.24. The number of rotatable bonds is 1. The van der Waals surface area contributed by atoms with E-state index >= 15 is 0 Å². The van der Waals surface area contributed by atoms with Crippen molar-refractivity contribution in [2.75, 3.05) is 6.61 Å². The van der Waals surface area contributed by atoms with E-state index in [2.05, 4.69) is 18.2 Å². The van der Waals surface area contributed by atoms with Crippen LogP contribution in [0.15, 0.2) is 23.8 Å². The molecule has 1 N–H and O–H groups in total. The zero-order chi connectivity index (χ0) is 6.27. The van der Waals surface area contributed by atoms with Gasteiger partial charge in [-0.1, -0.05) is 18.2 Å². The second-order valence-corrected chi connectivity index (χ2v) is 2.79. The van der Waals surface area contributed by atoms with Crippen molar-refractivity contribution in [3.63, 3.8) is 0 Å². The second-order valence-electron chi connectivity index (χ2n) is 2.79. The molecule has 2 aliphatic rings. The van der Waals surface area contributed by atoms with Crippen molar-refractivity contribution in [1.29, 1.82) is 0 Å². The van der Waals surface area contributed by atoms with E-state index in [-0.39, 0.29) is 6.61 Å². The minimum Gasteiger partial charge on any atom is -0.392 e. The van der Waals surface area contributed by atoms with Crippen LogP contribution in [0, 0.1) is 11.8 Å². The van der Waals surface area contributed by atoms with Gasteiger partial charge in [0.1, 0.15) is 0 Å². The van der Waals surface area contributed by atoms with Crippen molar-refractivity contribution in [2.45, 2.75) is 6.42 Å².